The lowest BCUT2D eigenvalue weighted by Gasteiger charge is -2.37. The van der Waals surface area contributed by atoms with E-state index in [9.17, 15) is 27.3 Å². The van der Waals surface area contributed by atoms with E-state index in [0.717, 1.165) is 24.5 Å². The zero-order chi connectivity index (χ0) is 19.8. The number of sulfone groups is 1. The molecule has 0 N–H and O–H groups in total. The Bertz CT molecular complexity index is 990. The van der Waals surface area contributed by atoms with Crippen LogP contribution in [0.5, 0.6) is 0 Å². The molecule has 2 aromatic rings. The minimum atomic E-state index is -3.77. The maximum atomic E-state index is 13.9. The van der Waals surface area contributed by atoms with Crippen LogP contribution < -0.4 is 9.80 Å². The second-order valence-corrected chi connectivity index (χ2v) is 8.24. The van der Waals surface area contributed by atoms with Crippen LogP contribution in [0, 0.1) is 21.7 Å². The van der Waals surface area contributed by atoms with E-state index in [1.54, 1.807) is 4.90 Å². The first kappa shape index (κ1) is 19.0. The van der Waals surface area contributed by atoms with Crippen molar-refractivity contribution in [3.8, 4) is 0 Å². The molecular formula is C17H17F2N3O4S. The first-order chi connectivity index (χ1) is 12.7. The molecule has 0 atom stereocenters. The van der Waals surface area contributed by atoms with Crippen LogP contribution in [-0.4, -0.2) is 45.8 Å². The molecular weight excluding hydrogens is 380 g/mol. The van der Waals surface area contributed by atoms with Crippen molar-refractivity contribution < 1.29 is 22.1 Å². The molecule has 27 heavy (non-hydrogen) atoms. The molecule has 1 heterocycles. The average Bonchev–Trinajstić information content (AvgIpc) is 2.62. The van der Waals surface area contributed by atoms with Crippen LogP contribution >= 0.6 is 0 Å². The van der Waals surface area contributed by atoms with E-state index in [0.29, 0.717) is 31.9 Å². The molecule has 1 aliphatic rings. The number of nitrogens with zero attached hydrogens (tertiary/aromatic N) is 3. The molecule has 0 saturated carbocycles. The second kappa shape index (κ2) is 7.10. The third-order valence-corrected chi connectivity index (χ3v) is 5.56. The molecule has 7 nitrogen and oxygen atoms in total. The molecule has 0 unspecified atom stereocenters. The SMILES string of the molecule is CS(=O)(=O)c1cc(N2CCN(c3cc(F)ccc3F)CC2)ccc1[N+](=O)[O-]. The summed E-state index contributed by atoms with van der Waals surface area (Å²) in [6.07, 6.45) is 0.920. The van der Waals surface area contributed by atoms with Gasteiger partial charge in [0, 0.05) is 50.3 Å². The summed E-state index contributed by atoms with van der Waals surface area (Å²) >= 11 is 0. The summed E-state index contributed by atoms with van der Waals surface area (Å²) < 4.78 is 51.1. The molecule has 10 heteroatoms. The highest BCUT2D eigenvalue weighted by Gasteiger charge is 2.26. The summed E-state index contributed by atoms with van der Waals surface area (Å²) in [6.45, 7) is 1.64. The smallest absolute Gasteiger partial charge is 0.288 e. The Balaban J connectivity index is 1.82. The molecule has 0 bridgehead atoms. The third-order valence-electron chi connectivity index (χ3n) is 4.43. The Hall–Kier alpha value is -2.75. The molecule has 2 aromatic carbocycles. The topological polar surface area (TPSA) is 83.8 Å². The van der Waals surface area contributed by atoms with Crippen molar-refractivity contribution >= 4 is 26.9 Å². The van der Waals surface area contributed by atoms with Gasteiger partial charge in [0.05, 0.1) is 10.6 Å². The van der Waals surface area contributed by atoms with Crippen LogP contribution in [0.25, 0.3) is 0 Å². The van der Waals surface area contributed by atoms with Crippen LogP contribution in [0.1, 0.15) is 0 Å². The number of benzene rings is 2. The van der Waals surface area contributed by atoms with E-state index in [4.69, 9.17) is 0 Å². The largest absolute Gasteiger partial charge is 0.368 e. The van der Waals surface area contributed by atoms with Crippen molar-refractivity contribution in [1.82, 2.24) is 0 Å². The normalized spacial score (nSPS) is 15.1. The molecule has 0 spiro atoms. The van der Waals surface area contributed by atoms with E-state index in [2.05, 4.69) is 0 Å². The molecule has 1 fully saturated rings. The van der Waals surface area contributed by atoms with Crippen LogP contribution in [0.3, 0.4) is 0 Å². The fourth-order valence-corrected chi connectivity index (χ4v) is 3.94. The second-order valence-electron chi connectivity index (χ2n) is 6.25. The summed E-state index contributed by atoms with van der Waals surface area (Å²) in [5, 5.41) is 11.1. The standard InChI is InChI=1S/C17H17F2N3O4S/c1-27(25,26)17-11-13(3-5-15(17)22(23)24)20-6-8-21(9-7-20)16-10-12(18)2-4-14(16)19/h2-5,10-11H,6-9H2,1H3. The highest BCUT2D eigenvalue weighted by molar-refractivity contribution is 7.90. The minimum absolute atomic E-state index is 0.176. The van der Waals surface area contributed by atoms with Gasteiger partial charge in [0.1, 0.15) is 16.5 Å². The number of nitro groups is 1. The van der Waals surface area contributed by atoms with Gasteiger partial charge in [-0.15, -0.1) is 0 Å². The molecule has 0 aromatic heterocycles. The van der Waals surface area contributed by atoms with Crippen molar-refractivity contribution in [3.05, 3.63) is 58.1 Å². The maximum Gasteiger partial charge on any atom is 0.288 e. The van der Waals surface area contributed by atoms with Gasteiger partial charge < -0.3 is 9.80 Å². The van der Waals surface area contributed by atoms with Gasteiger partial charge in [0.15, 0.2) is 9.84 Å². The number of hydrogen-bond donors (Lipinski definition) is 0. The molecule has 144 valence electrons. The predicted octanol–water partition coefficient (Wildman–Crippen LogP) is 2.60. The van der Waals surface area contributed by atoms with Gasteiger partial charge in [-0.25, -0.2) is 17.2 Å². The van der Waals surface area contributed by atoms with Gasteiger partial charge in [0.2, 0.25) is 0 Å². The fourth-order valence-electron chi connectivity index (χ4n) is 3.08. The first-order valence-corrected chi connectivity index (χ1v) is 9.99. The number of rotatable bonds is 4. The van der Waals surface area contributed by atoms with E-state index in [1.807, 2.05) is 4.90 Å². The number of anilines is 2. The van der Waals surface area contributed by atoms with Gasteiger partial charge in [0.25, 0.3) is 5.69 Å². The van der Waals surface area contributed by atoms with Crippen LogP contribution in [0.15, 0.2) is 41.3 Å². The van der Waals surface area contributed by atoms with Gasteiger partial charge in [-0.2, -0.15) is 0 Å². The first-order valence-electron chi connectivity index (χ1n) is 8.10. The Kier molecular flexibility index (Phi) is 5.01. The quantitative estimate of drug-likeness (QED) is 0.583. The van der Waals surface area contributed by atoms with Crippen LogP contribution in [0.2, 0.25) is 0 Å². The maximum absolute atomic E-state index is 13.9. The Morgan fingerprint density at radius 3 is 2.22 bits per heavy atom. The Morgan fingerprint density at radius 1 is 1.00 bits per heavy atom. The number of hydrogen-bond acceptors (Lipinski definition) is 6. The number of nitro benzene ring substituents is 1. The van der Waals surface area contributed by atoms with Gasteiger partial charge in [-0.05, 0) is 24.3 Å². The monoisotopic (exact) mass is 397 g/mol. The van der Waals surface area contributed by atoms with Crippen LogP contribution in [0.4, 0.5) is 25.8 Å². The molecule has 1 saturated heterocycles. The third kappa shape index (κ3) is 4.00. The Labute approximate surface area is 154 Å². The molecule has 0 aliphatic carbocycles. The van der Waals surface area contributed by atoms with E-state index >= 15 is 0 Å². The molecule has 3 rings (SSSR count). The predicted molar refractivity (Wildman–Crippen MR) is 97.0 cm³/mol. The minimum Gasteiger partial charge on any atom is -0.368 e. The Morgan fingerprint density at radius 2 is 1.63 bits per heavy atom. The summed E-state index contributed by atoms with van der Waals surface area (Å²) in [5.74, 6) is -1.04. The van der Waals surface area contributed by atoms with Gasteiger partial charge in [-0.1, -0.05) is 0 Å². The van der Waals surface area contributed by atoms with Crippen molar-refractivity contribution in [2.75, 3.05) is 42.2 Å². The molecule has 1 aliphatic heterocycles. The van der Waals surface area contributed by atoms with Crippen molar-refractivity contribution in [2.45, 2.75) is 4.90 Å². The summed E-state index contributed by atoms with van der Waals surface area (Å²) in [5.41, 5.74) is 0.234. The van der Waals surface area contributed by atoms with Crippen LogP contribution in [-0.2, 0) is 9.84 Å². The van der Waals surface area contributed by atoms with Gasteiger partial charge >= 0.3 is 0 Å². The number of halogens is 2. The molecule has 0 amide bonds. The molecule has 0 radical (unpaired) electrons. The van der Waals surface area contributed by atoms with Crippen molar-refractivity contribution in [3.63, 3.8) is 0 Å². The number of piperazine rings is 1. The van der Waals surface area contributed by atoms with E-state index < -0.39 is 32.1 Å². The van der Waals surface area contributed by atoms with Gasteiger partial charge in [-0.3, -0.25) is 10.1 Å². The van der Waals surface area contributed by atoms with Crippen molar-refractivity contribution in [2.24, 2.45) is 0 Å². The average molecular weight is 397 g/mol. The van der Waals surface area contributed by atoms with Crippen molar-refractivity contribution in [1.29, 1.82) is 0 Å². The van der Waals surface area contributed by atoms with E-state index in [1.165, 1.54) is 18.2 Å². The lowest BCUT2D eigenvalue weighted by atomic mass is 10.2. The summed E-state index contributed by atoms with van der Waals surface area (Å²) in [6, 6.07) is 7.21. The van der Waals surface area contributed by atoms with E-state index in [-0.39, 0.29) is 10.6 Å². The zero-order valence-electron chi connectivity index (χ0n) is 14.4. The highest BCUT2D eigenvalue weighted by atomic mass is 32.2. The lowest BCUT2D eigenvalue weighted by Crippen LogP contribution is -2.46. The summed E-state index contributed by atoms with van der Waals surface area (Å²) in [4.78, 5) is 13.6. The fraction of sp³-hybridized carbons (Fsp3) is 0.294. The lowest BCUT2D eigenvalue weighted by molar-refractivity contribution is -0.387. The summed E-state index contributed by atoms with van der Waals surface area (Å²) in [7, 11) is -3.77. The highest BCUT2D eigenvalue weighted by Crippen LogP contribution is 2.30. The zero-order valence-corrected chi connectivity index (χ0v) is 15.2.